The molecule has 0 aliphatic carbocycles. The Morgan fingerprint density at radius 1 is 1.24 bits per heavy atom. The zero-order valence-corrected chi connectivity index (χ0v) is 12.6. The summed E-state index contributed by atoms with van der Waals surface area (Å²) in [5.41, 5.74) is 1.84. The number of aryl methyl sites for hydroxylation is 1. The minimum atomic E-state index is -0.953. The van der Waals surface area contributed by atoms with Crippen LogP contribution in [0.4, 0.5) is 5.69 Å². The second-order valence-corrected chi connectivity index (χ2v) is 5.02. The van der Waals surface area contributed by atoms with Gasteiger partial charge < -0.3 is 10.1 Å². The number of aromatic nitrogens is 1. The number of nitrogens with zero attached hydrogens (tertiary/aromatic N) is 1. The predicted octanol–water partition coefficient (Wildman–Crippen LogP) is 3.28. The van der Waals surface area contributed by atoms with Gasteiger partial charge in [0, 0.05) is 18.1 Å². The highest BCUT2D eigenvalue weighted by molar-refractivity contribution is 5.86. The standard InChI is InChI=1S/C17H20N2O2/c1-4-21-16(20)17(3,14-9-11-18-12-10-14)19-15-8-6-5-7-13(15)2/h5-12,19H,4H2,1-3H3. The fourth-order valence-electron chi connectivity index (χ4n) is 2.18. The van der Waals surface area contributed by atoms with Crippen molar-refractivity contribution in [2.45, 2.75) is 26.3 Å². The molecule has 0 aliphatic rings. The summed E-state index contributed by atoms with van der Waals surface area (Å²) in [7, 11) is 0. The highest BCUT2D eigenvalue weighted by Gasteiger charge is 2.37. The van der Waals surface area contributed by atoms with Crippen molar-refractivity contribution >= 4 is 11.7 Å². The number of hydrogen-bond donors (Lipinski definition) is 1. The maximum atomic E-state index is 12.5. The van der Waals surface area contributed by atoms with Gasteiger partial charge in [-0.05, 0) is 50.1 Å². The van der Waals surface area contributed by atoms with Crippen LogP contribution >= 0.6 is 0 Å². The lowest BCUT2D eigenvalue weighted by Gasteiger charge is -2.30. The second kappa shape index (κ2) is 6.39. The number of esters is 1. The van der Waals surface area contributed by atoms with Crippen LogP contribution in [-0.2, 0) is 15.1 Å². The third kappa shape index (κ3) is 3.21. The number of benzene rings is 1. The van der Waals surface area contributed by atoms with Gasteiger partial charge in [0.15, 0.2) is 5.54 Å². The SMILES string of the molecule is CCOC(=O)C(C)(Nc1ccccc1C)c1ccncc1. The summed E-state index contributed by atoms with van der Waals surface area (Å²) < 4.78 is 5.25. The van der Waals surface area contributed by atoms with Crippen LogP contribution in [0.25, 0.3) is 0 Å². The largest absolute Gasteiger partial charge is 0.464 e. The van der Waals surface area contributed by atoms with Crippen molar-refractivity contribution in [3.63, 3.8) is 0 Å². The highest BCUT2D eigenvalue weighted by atomic mass is 16.5. The van der Waals surface area contributed by atoms with Crippen molar-refractivity contribution in [2.75, 3.05) is 11.9 Å². The molecule has 2 rings (SSSR count). The molecule has 0 fully saturated rings. The molecule has 1 N–H and O–H groups in total. The molecule has 4 nitrogen and oxygen atoms in total. The average Bonchev–Trinajstić information content (AvgIpc) is 2.50. The number of para-hydroxylation sites is 1. The zero-order valence-electron chi connectivity index (χ0n) is 12.6. The first-order valence-corrected chi connectivity index (χ1v) is 6.99. The third-order valence-corrected chi connectivity index (χ3v) is 3.47. The summed E-state index contributed by atoms with van der Waals surface area (Å²) in [6.45, 7) is 5.97. The molecule has 2 aromatic rings. The highest BCUT2D eigenvalue weighted by Crippen LogP contribution is 2.29. The van der Waals surface area contributed by atoms with Gasteiger partial charge in [0.1, 0.15) is 0 Å². The van der Waals surface area contributed by atoms with E-state index in [4.69, 9.17) is 4.74 Å². The van der Waals surface area contributed by atoms with Gasteiger partial charge >= 0.3 is 5.97 Å². The van der Waals surface area contributed by atoms with Crippen LogP contribution in [0.2, 0.25) is 0 Å². The van der Waals surface area contributed by atoms with Gasteiger partial charge in [-0.3, -0.25) is 4.98 Å². The second-order valence-electron chi connectivity index (χ2n) is 5.02. The summed E-state index contributed by atoms with van der Waals surface area (Å²) in [6.07, 6.45) is 3.35. The Balaban J connectivity index is 2.42. The van der Waals surface area contributed by atoms with Crippen LogP contribution in [0.3, 0.4) is 0 Å². The average molecular weight is 284 g/mol. The number of ether oxygens (including phenoxy) is 1. The Bertz CT molecular complexity index is 613. The van der Waals surface area contributed by atoms with Gasteiger partial charge in [-0.15, -0.1) is 0 Å². The number of carbonyl (C=O) groups excluding carboxylic acids is 1. The normalized spacial score (nSPS) is 13.3. The predicted molar refractivity (Wildman–Crippen MR) is 83.0 cm³/mol. The van der Waals surface area contributed by atoms with Crippen LogP contribution in [0, 0.1) is 6.92 Å². The molecular formula is C17H20N2O2. The Morgan fingerprint density at radius 2 is 1.90 bits per heavy atom. The zero-order chi connectivity index (χ0) is 15.3. The molecule has 1 unspecified atom stereocenters. The van der Waals surface area contributed by atoms with E-state index >= 15 is 0 Å². The Morgan fingerprint density at radius 3 is 2.52 bits per heavy atom. The maximum Gasteiger partial charge on any atom is 0.336 e. The van der Waals surface area contributed by atoms with E-state index in [1.807, 2.05) is 50.2 Å². The number of pyridine rings is 1. The molecule has 0 saturated carbocycles. The monoisotopic (exact) mass is 284 g/mol. The minimum Gasteiger partial charge on any atom is -0.464 e. The van der Waals surface area contributed by atoms with Crippen molar-refractivity contribution in [3.05, 3.63) is 59.9 Å². The molecule has 0 amide bonds. The quantitative estimate of drug-likeness (QED) is 0.856. The molecule has 0 aliphatic heterocycles. The van der Waals surface area contributed by atoms with E-state index in [2.05, 4.69) is 10.3 Å². The molecule has 4 heteroatoms. The van der Waals surface area contributed by atoms with Crippen LogP contribution in [0.5, 0.6) is 0 Å². The first-order valence-electron chi connectivity index (χ1n) is 6.99. The number of hydrogen-bond acceptors (Lipinski definition) is 4. The number of nitrogens with one attached hydrogen (secondary N) is 1. The van der Waals surface area contributed by atoms with Crippen molar-refractivity contribution in [1.82, 2.24) is 4.98 Å². The number of anilines is 1. The first-order chi connectivity index (χ1) is 10.1. The summed E-state index contributed by atoms with van der Waals surface area (Å²) >= 11 is 0. The van der Waals surface area contributed by atoms with Gasteiger partial charge in [0.2, 0.25) is 0 Å². The van der Waals surface area contributed by atoms with E-state index in [-0.39, 0.29) is 5.97 Å². The lowest BCUT2D eigenvalue weighted by atomic mass is 9.92. The molecule has 0 spiro atoms. The topological polar surface area (TPSA) is 51.2 Å². The Kier molecular flexibility index (Phi) is 4.58. The van der Waals surface area contributed by atoms with E-state index in [0.29, 0.717) is 6.61 Å². The summed E-state index contributed by atoms with van der Waals surface area (Å²) in [5, 5.41) is 3.32. The van der Waals surface area contributed by atoms with E-state index in [1.54, 1.807) is 19.3 Å². The summed E-state index contributed by atoms with van der Waals surface area (Å²) in [6, 6.07) is 11.5. The van der Waals surface area contributed by atoms with E-state index in [0.717, 1.165) is 16.8 Å². The summed E-state index contributed by atoms with van der Waals surface area (Å²) in [4.78, 5) is 16.5. The Hall–Kier alpha value is -2.36. The van der Waals surface area contributed by atoms with E-state index in [1.165, 1.54) is 0 Å². The lowest BCUT2D eigenvalue weighted by Crippen LogP contribution is -2.42. The molecular weight excluding hydrogens is 264 g/mol. The molecule has 1 atom stereocenters. The lowest BCUT2D eigenvalue weighted by molar-refractivity contribution is -0.148. The van der Waals surface area contributed by atoms with E-state index < -0.39 is 5.54 Å². The minimum absolute atomic E-state index is 0.306. The van der Waals surface area contributed by atoms with Gasteiger partial charge in [0.05, 0.1) is 6.61 Å². The van der Waals surface area contributed by atoms with Gasteiger partial charge in [-0.25, -0.2) is 4.79 Å². The molecule has 0 bridgehead atoms. The third-order valence-electron chi connectivity index (χ3n) is 3.47. The Labute approximate surface area is 125 Å². The maximum absolute atomic E-state index is 12.5. The van der Waals surface area contributed by atoms with Gasteiger partial charge in [-0.1, -0.05) is 18.2 Å². The fraction of sp³-hybridized carbons (Fsp3) is 0.294. The van der Waals surface area contributed by atoms with Crippen LogP contribution < -0.4 is 5.32 Å². The van der Waals surface area contributed by atoms with Crippen molar-refractivity contribution in [2.24, 2.45) is 0 Å². The molecule has 1 aromatic carbocycles. The molecule has 1 heterocycles. The smallest absolute Gasteiger partial charge is 0.336 e. The molecule has 1 aromatic heterocycles. The molecule has 21 heavy (non-hydrogen) atoms. The van der Waals surface area contributed by atoms with Crippen molar-refractivity contribution < 1.29 is 9.53 Å². The summed E-state index contributed by atoms with van der Waals surface area (Å²) in [5.74, 6) is -0.306. The van der Waals surface area contributed by atoms with Crippen molar-refractivity contribution in [3.8, 4) is 0 Å². The number of carbonyl (C=O) groups is 1. The number of rotatable bonds is 5. The van der Waals surface area contributed by atoms with Gasteiger partial charge in [-0.2, -0.15) is 0 Å². The first kappa shape index (κ1) is 15.0. The van der Waals surface area contributed by atoms with Crippen LogP contribution in [0.1, 0.15) is 25.0 Å². The van der Waals surface area contributed by atoms with Crippen LogP contribution in [-0.4, -0.2) is 17.6 Å². The van der Waals surface area contributed by atoms with Crippen LogP contribution in [0.15, 0.2) is 48.8 Å². The molecule has 110 valence electrons. The van der Waals surface area contributed by atoms with Gasteiger partial charge in [0.25, 0.3) is 0 Å². The molecule has 0 radical (unpaired) electrons. The fourth-order valence-corrected chi connectivity index (χ4v) is 2.18. The van der Waals surface area contributed by atoms with E-state index in [9.17, 15) is 4.79 Å². The molecule has 0 saturated heterocycles. The van der Waals surface area contributed by atoms with Crippen molar-refractivity contribution in [1.29, 1.82) is 0 Å².